The maximum atomic E-state index is 12.8. The first-order valence-electron chi connectivity index (χ1n) is 8.01. The van der Waals surface area contributed by atoms with E-state index in [-0.39, 0.29) is 12.5 Å². The van der Waals surface area contributed by atoms with Crippen molar-refractivity contribution in [2.24, 2.45) is 0 Å². The van der Waals surface area contributed by atoms with Crippen LogP contribution in [0.1, 0.15) is 29.3 Å². The highest BCUT2D eigenvalue weighted by atomic mass is 16.5. The molecule has 0 aliphatic carbocycles. The number of rotatable bonds is 7. The Balaban J connectivity index is 2.16. The highest BCUT2D eigenvalue weighted by Crippen LogP contribution is 2.15. The van der Waals surface area contributed by atoms with E-state index in [1.165, 1.54) is 4.90 Å². The van der Waals surface area contributed by atoms with E-state index in [0.29, 0.717) is 31.9 Å². The molecule has 1 saturated heterocycles. The molecule has 0 spiro atoms. The van der Waals surface area contributed by atoms with Crippen molar-refractivity contribution in [3.05, 3.63) is 35.4 Å². The monoisotopic (exact) mass is 320 g/mol. The van der Waals surface area contributed by atoms with E-state index >= 15 is 0 Å². The minimum atomic E-state index is -0.988. The number of benzene rings is 1. The second-order valence-corrected chi connectivity index (χ2v) is 5.67. The Morgan fingerprint density at radius 2 is 1.96 bits per heavy atom. The first-order chi connectivity index (χ1) is 11.1. The molecule has 0 unspecified atom stereocenters. The van der Waals surface area contributed by atoms with Crippen molar-refractivity contribution in [1.29, 1.82) is 0 Å². The molecule has 126 valence electrons. The van der Waals surface area contributed by atoms with Gasteiger partial charge in [0.1, 0.15) is 6.54 Å². The molecule has 1 aromatic carbocycles. The average molecular weight is 320 g/mol. The highest BCUT2D eigenvalue weighted by Gasteiger charge is 2.21. The van der Waals surface area contributed by atoms with E-state index < -0.39 is 5.97 Å². The van der Waals surface area contributed by atoms with Crippen LogP contribution in [0, 0.1) is 0 Å². The molecule has 1 aliphatic heterocycles. The molecule has 6 heteroatoms. The van der Waals surface area contributed by atoms with Gasteiger partial charge in [0.25, 0.3) is 5.91 Å². The van der Waals surface area contributed by atoms with Gasteiger partial charge in [-0.2, -0.15) is 0 Å². The fourth-order valence-electron chi connectivity index (χ4n) is 2.72. The van der Waals surface area contributed by atoms with Gasteiger partial charge in [-0.25, -0.2) is 0 Å². The number of amides is 1. The predicted octanol–water partition coefficient (Wildman–Crippen LogP) is 1.46. The van der Waals surface area contributed by atoms with Gasteiger partial charge in [0.2, 0.25) is 0 Å². The number of hydrogen-bond donors (Lipinski definition) is 1. The number of carbonyl (C=O) groups is 2. The lowest BCUT2D eigenvalue weighted by Crippen LogP contribution is -2.38. The van der Waals surface area contributed by atoms with Crippen molar-refractivity contribution in [3.8, 4) is 0 Å². The van der Waals surface area contributed by atoms with Crippen molar-refractivity contribution in [2.45, 2.75) is 19.9 Å². The number of ether oxygens (including phenoxy) is 1. The Morgan fingerprint density at radius 1 is 1.26 bits per heavy atom. The zero-order valence-electron chi connectivity index (χ0n) is 13.5. The van der Waals surface area contributed by atoms with Crippen LogP contribution < -0.4 is 0 Å². The van der Waals surface area contributed by atoms with Crippen molar-refractivity contribution >= 4 is 11.9 Å². The maximum absolute atomic E-state index is 12.8. The summed E-state index contributed by atoms with van der Waals surface area (Å²) < 4.78 is 5.35. The molecule has 0 atom stereocenters. The standard InChI is InChI=1S/C17H24N2O4/c1-2-7-19(13-16(20)21)17(22)15-6-4-3-5-14(15)12-18-8-10-23-11-9-18/h3-6H,2,7-13H2,1H3,(H,20,21). The van der Waals surface area contributed by atoms with Crippen LogP contribution in [0.3, 0.4) is 0 Å². The molecule has 1 N–H and O–H groups in total. The third kappa shape index (κ3) is 5.04. The van der Waals surface area contributed by atoms with Gasteiger partial charge in [0.05, 0.1) is 13.2 Å². The summed E-state index contributed by atoms with van der Waals surface area (Å²) in [5.41, 5.74) is 1.53. The molecule has 1 aliphatic rings. The molecule has 1 aromatic rings. The van der Waals surface area contributed by atoms with Crippen LogP contribution >= 0.6 is 0 Å². The minimum Gasteiger partial charge on any atom is -0.480 e. The van der Waals surface area contributed by atoms with Gasteiger partial charge in [-0.3, -0.25) is 14.5 Å². The van der Waals surface area contributed by atoms with Gasteiger partial charge < -0.3 is 14.7 Å². The third-order valence-corrected chi connectivity index (χ3v) is 3.85. The summed E-state index contributed by atoms with van der Waals surface area (Å²) in [5.74, 6) is -1.20. The summed E-state index contributed by atoms with van der Waals surface area (Å²) in [6.45, 7) is 5.89. The SMILES string of the molecule is CCCN(CC(=O)O)C(=O)c1ccccc1CN1CCOCC1. The Hall–Kier alpha value is -1.92. The van der Waals surface area contributed by atoms with Gasteiger partial charge >= 0.3 is 5.97 Å². The molecule has 0 radical (unpaired) electrons. The van der Waals surface area contributed by atoms with Crippen LogP contribution in [0.4, 0.5) is 0 Å². The molecule has 6 nitrogen and oxygen atoms in total. The topological polar surface area (TPSA) is 70.1 Å². The molecular weight excluding hydrogens is 296 g/mol. The Kier molecular flexibility index (Phi) is 6.55. The summed E-state index contributed by atoms with van der Waals surface area (Å²) >= 11 is 0. The predicted molar refractivity (Wildman–Crippen MR) is 86.4 cm³/mol. The molecule has 23 heavy (non-hydrogen) atoms. The van der Waals surface area contributed by atoms with Crippen LogP contribution in [0.2, 0.25) is 0 Å². The number of carboxylic acid groups (broad SMARTS) is 1. The van der Waals surface area contributed by atoms with E-state index in [9.17, 15) is 9.59 Å². The first-order valence-corrected chi connectivity index (χ1v) is 8.01. The molecule has 2 rings (SSSR count). The van der Waals surface area contributed by atoms with Crippen LogP contribution in [0.25, 0.3) is 0 Å². The zero-order chi connectivity index (χ0) is 16.7. The first kappa shape index (κ1) is 17.4. The second kappa shape index (κ2) is 8.64. The molecule has 0 bridgehead atoms. The van der Waals surface area contributed by atoms with Crippen molar-refractivity contribution in [1.82, 2.24) is 9.80 Å². The summed E-state index contributed by atoms with van der Waals surface area (Å²) in [7, 11) is 0. The van der Waals surface area contributed by atoms with Crippen LogP contribution in [0.15, 0.2) is 24.3 Å². The largest absolute Gasteiger partial charge is 0.480 e. The Morgan fingerprint density at radius 3 is 2.61 bits per heavy atom. The van der Waals surface area contributed by atoms with Gasteiger partial charge in [-0.1, -0.05) is 25.1 Å². The second-order valence-electron chi connectivity index (χ2n) is 5.67. The molecule has 1 fully saturated rings. The highest BCUT2D eigenvalue weighted by molar-refractivity contribution is 5.97. The van der Waals surface area contributed by atoms with E-state index in [0.717, 1.165) is 25.1 Å². The number of carbonyl (C=O) groups excluding carboxylic acids is 1. The lowest BCUT2D eigenvalue weighted by atomic mass is 10.1. The normalized spacial score (nSPS) is 15.3. The summed E-state index contributed by atoms with van der Waals surface area (Å²) in [4.78, 5) is 27.4. The van der Waals surface area contributed by atoms with E-state index in [4.69, 9.17) is 9.84 Å². The minimum absolute atomic E-state index is 0.210. The number of morpholine rings is 1. The molecule has 0 saturated carbocycles. The fourth-order valence-corrected chi connectivity index (χ4v) is 2.72. The third-order valence-electron chi connectivity index (χ3n) is 3.85. The van der Waals surface area contributed by atoms with Crippen molar-refractivity contribution in [3.63, 3.8) is 0 Å². The Bertz CT molecular complexity index is 541. The summed E-state index contributed by atoms with van der Waals surface area (Å²) in [6, 6.07) is 7.45. The fraction of sp³-hybridized carbons (Fsp3) is 0.529. The van der Waals surface area contributed by atoms with Crippen LogP contribution in [-0.2, 0) is 16.1 Å². The lowest BCUT2D eigenvalue weighted by Gasteiger charge is -2.28. The van der Waals surface area contributed by atoms with Gasteiger partial charge in [-0.15, -0.1) is 0 Å². The van der Waals surface area contributed by atoms with Crippen LogP contribution in [0.5, 0.6) is 0 Å². The number of aliphatic carboxylic acids is 1. The molecule has 1 amide bonds. The summed E-state index contributed by atoms with van der Waals surface area (Å²) in [5, 5.41) is 9.02. The van der Waals surface area contributed by atoms with Crippen LogP contribution in [-0.4, -0.2) is 66.2 Å². The van der Waals surface area contributed by atoms with Gasteiger partial charge in [0.15, 0.2) is 0 Å². The zero-order valence-corrected chi connectivity index (χ0v) is 13.5. The molecular formula is C17H24N2O4. The smallest absolute Gasteiger partial charge is 0.323 e. The number of carboxylic acids is 1. The van der Waals surface area contributed by atoms with Crippen molar-refractivity contribution < 1.29 is 19.4 Å². The Labute approximate surface area is 136 Å². The molecule has 1 heterocycles. The summed E-state index contributed by atoms with van der Waals surface area (Å²) in [6.07, 6.45) is 0.727. The maximum Gasteiger partial charge on any atom is 0.323 e. The van der Waals surface area contributed by atoms with Gasteiger partial charge in [-0.05, 0) is 18.1 Å². The van der Waals surface area contributed by atoms with Crippen molar-refractivity contribution in [2.75, 3.05) is 39.4 Å². The average Bonchev–Trinajstić information content (AvgIpc) is 2.55. The number of hydrogen-bond acceptors (Lipinski definition) is 4. The quantitative estimate of drug-likeness (QED) is 0.823. The van der Waals surface area contributed by atoms with E-state index in [2.05, 4.69) is 4.90 Å². The van der Waals surface area contributed by atoms with Gasteiger partial charge in [0, 0.05) is 31.7 Å². The van der Waals surface area contributed by atoms with E-state index in [1.54, 1.807) is 6.07 Å². The molecule has 0 aromatic heterocycles. The lowest BCUT2D eigenvalue weighted by molar-refractivity contribution is -0.137. The number of nitrogens with zero attached hydrogens (tertiary/aromatic N) is 2. The van der Waals surface area contributed by atoms with E-state index in [1.807, 2.05) is 25.1 Å².